The van der Waals surface area contributed by atoms with Crippen molar-refractivity contribution in [3.8, 4) is 5.82 Å². The van der Waals surface area contributed by atoms with E-state index in [0.717, 1.165) is 10.7 Å². The number of aryl methyl sites for hydroxylation is 1. The maximum Gasteiger partial charge on any atom is 0.338 e. The van der Waals surface area contributed by atoms with Crippen molar-refractivity contribution in [3.63, 3.8) is 0 Å². The van der Waals surface area contributed by atoms with E-state index >= 15 is 0 Å². The molecular weight excluding hydrogens is 241 g/mol. The minimum absolute atomic E-state index is 0.120. The van der Waals surface area contributed by atoms with Crippen molar-refractivity contribution in [2.45, 2.75) is 6.92 Å². The smallest absolute Gasteiger partial charge is 0.338 e. The fraction of sp³-hybridized carbons (Fsp3) is 0.0909. The van der Waals surface area contributed by atoms with Crippen LogP contribution in [0.4, 0.5) is 4.39 Å². The van der Waals surface area contributed by atoms with Gasteiger partial charge in [0.15, 0.2) is 17.9 Å². The normalized spacial score (nSPS) is 10.3. The molecule has 7 heteroatoms. The average Bonchev–Trinajstić information content (AvgIpc) is 2.70. The summed E-state index contributed by atoms with van der Waals surface area (Å²) >= 11 is 0. The monoisotopic (exact) mass is 249 g/mol. The fourth-order valence-corrected chi connectivity index (χ4v) is 1.52. The van der Waals surface area contributed by atoms with Crippen molar-refractivity contribution in [2.75, 3.05) is 0 Å². The Labute approximate surface area is 101 Å². The zero-order valence-electron chi connectivity index (χ0n) is 9.29. The molecule has 0 fully saturated rings. The molecular formula is C11H8FN3O3. The Morgan fingerprint density at radius 3 is 2.83 bits per heavy atom. The minimum Gasteiger partial charge on any atom is -0.478 e. The number of carbonyl (C=O) groups is 2. The van der Waals surface area contributed by atoms with Gasteiger partial charge in [0.2, 0.25) is 0 Å². The summed E-state index contributed by atoms with van der Waals surface area (Å²) in [7, 11) is 0. The molecule has 2 heterocycles. The van der Waals surface area contributed by atoms with Crippen LogP contribution in [0.5, 0.6) is 0 Å². The highest BCUT2D eigenvalue weighted by Gasteiger charge is 2.18. The molecule has 0 saturated carbocycles. The largest absolute Gasteiger partial charge is 0.478 e. The van der Waals surface area contributed by atoms with Crippen LogP contribution < -0.4 is 0 Å². The first kappa shape index (κ1) is 11.9. The lowest BCUT2D eigenvalue weighted by Crippen LogP contribution is -2.10. The topological polar surface area (TPSA) is 85.1 Å². The third kappa shape index (κ3) is 1.86. The number of nitrogens with zero attached hydrogens (tertiary/aromatic N) is 3. The summed E-state index contributed by atoms with van der Waals surface area (Å²) in [5.41, 5.74) is 0.100. The molecule has 0 aliphatic carbocycles. The van der Waals surface area contributed by atoms with E-state index in [2.05, 4.69) is 10.1 Å². The quantitative estimate of drug-likeness (QED) is 0.827. The Morgan fingerprint density at radius 1 is 1.56 bits per heavy atom. The van der Waals surface area contributed by atoms with Crippen LogP contribution in [-0.2, 0) is 0 Å². The van der Waals surface area contributed by atoms with Gasteiger partial charge in [-0.05, 0) is 19.1 Å². The predicted octanol–water partition coefficient (Wildman–Crippen LogP) is 1.23. The Kier molecular flexibility index (Phi) is 2.88. The third-order valence-electron chi connectivity index (χ3n) is 2.33. The van der Waals surface area contributed by atoms with Crippen molar-refractivity contribution < 1.29 is 19.1 Å². The van der Waals surface area contributed by atoms with Crippen LogP contribution >= 0.6 is 0 Å². The number of hydrogen-bond acceptors (Lipinski definition) is 4. The van der Waals surface area contributed by atoms with Crippen molar-refractivity contribution >= 4 is 12.3 Å². The lowest BCUT2D eigenvalue weighted by Gasteiger charge is -2.06. The summed E-state index contributed by atoms with van der Waals surface area (Å²) in [4.78, 5) is 25.1. The van der Waals surface area contributed by atoms with E-state index < -0.39 is 17.3 Å². The van der Waals surface area contributed by atoms with Crippen molar-refractivity contribution in [2.24, 2.45) is 0 Å². The maximum absolute atomic E-state index is 13.9. The average molecular weight is 249 g/mol. The molecule has 2 aromatic rings. The van der Waals surface area contributed by atoms with Crippen molar-refractivity contribution in [3.05, 3.63) is 41.1 Å². The molecule has 0 unspecified atom stereocenters. The number of halogens is 1. The number of carboxylic acid groups (broad SMARTS) is 1. The van der Waals surface area contributed by atoms with Crippen LogP contribution in [-0.4, -0.2) is 32.1 Å². The highest BCUT2D eigenvalue weighted by atomic mass is 19.1. The van der Waals surface area contributed by atoms with Gasteiger partial charge in [-0.2, -0.15) is 5.10 Å². The van der Waals surface area contributed by atoms with E-state index in [1.54, 1.807) is 6.92 Å². The van der Waals surface area contributed by atoms with Crippen LogP contribution in [0.3, 0.4) is 0 Å². The van der Waals surface area contributed by atoms with Gasteiger partial charge >= 0.3 is 5.97 Å². The van der Waals surface area contributed by atoms with Crippen molar-refractivity contribution in [1.82, 2.24) is 14.8 Å². The molecule has 0 spiro atoms. The van der Waals surface area contributed by atoms with Crippen LogP contribution in [0.2, 0.25) is 0 Å². The number of hydrogen-bond donors (Lipinski definition) is 1. The molecule has 18 heavy (non-hydrogen) atoms. The summed E-state index contributed by atoms with van der Waals surface area (Å²) in [6, 6.07) is 2.50. The third-order valence-corrected chi connectivity index (χ3v) is 2.33. The fourth-order valence-electron chi connectivity index (χ4n) is 1.52. The van der Waals surface area contributed by atoms with E-state index in [0.29, 0.717) is 12.0 Å². The van der Waals surface area contributed by atoms with Gasteiger partial charge in [0.05, 0.1) is 0 Å². The Balaban J connectivity index is 2.63. The van der Waals surface area contributed by atoms with Crippen LogP contribution in [0.25, 0.3) is 5.82 Å². The Bertz CT molecular complexity index is 636. The molecule has 0 bridgehead atoms. The van der Waals surface area contributed by atoms with Crippen LogP contribution in [0.15, 0.2) is 18.3 Å². The second-order valence-corrected chi connectivity index (χ2v) is 3.54. The highest BCUT2D eigenvalue weighted by Crippen LogP contribution is 2.16. The molecule has 0 aliphatic rings. The number of aromatic nitrogens is 3. The molecule has 0 amide bonds. The zero-order valence-corrected chi connectivity index (χ0v) is 9.29. The Morgan fingerprint density at radius 2 is 2.28 bits per heavy atom. The number of rotatable bonds is 3. The zero-order chi connectivity index (χ0) is 13.3. The van der Waals surface area contributed by atoms with Gasteiger partial charge in [0, 0.05) is 11.9 Å². The first-order valence-electron chi connectivity index (χ1n) is 4.94. The summed E-state index contributed by atoms with van der Waals surface area (Å²) < 4.78 is 15.0. The second kappa shape index (κ2) is 4.36. The second-order valence-electron chi connectivity index (χ2n) is 3.54. The van der Waals surface area contributed by atoms with E-state index in [1.807, 2.05) is 0 Å². The summed E-state index contributed by atoms with van der Waals surface area (Å²) in [5, 5.41) is 12.6. The molecule has 0 atom stereocenters. The van der Waals surface area contributed by atoms with Gasteiger partial charge in [0.25, 0.3) is 0 Å². The van der Waals surface area contributed by atoms with E-state index in [9.17, 15) is 14.0 Å². The van der Waals surface area contributed by atoms with E-state index in [-0.39, 0.29) is 11.5 Å². The van der Waals surface area contributed by atoms with Gasteiger partial charge in [-0.1, -0.05) is 0 Å². The van der Waals surface area contributed by atoms with Gasteiger partial charge in [0.1, 0.15) is 11.3 Å². The lowest BCUT2D eigenvalue weighted by atomic mass is 10.2. The summed E-state index contributed by atoms with van der Waals surface area (Å²) in [6.45, 7) is 1.61. The molecule has 1 N–H and O–H groups in total. The Hall–Kier alpha value is -2.57. The van der Waals surface area contributed by atoms with Gasteiger partial charge in [-0.3, -0.25) is 4.79 Å². The van der Waals surface area contributed by atoms with Gasteiger partial charge in [-0.25, -0.2) is 18.9 Å². The first-order chi connectivity index (χ1) is 8.54. The van der Waals surface area contributed by atoms with Crippen molar-refractivity contribution in [1.29, 1.82) is 0 Å². The van der Waals surface area contributed by atoms with E-state index in [4.69, 9.17) is 5.11 Å². The minimum atomic E-state index is -1.39. The van der Waals surface area contributed by atoms with E-state index in [1.165, 1.54) is 12.3 Å². The molecule has 0 radical (unpaired) electrons. The molecule has 0 aromatic carbocycles. The number of pyridine rings is 1. The number of aldehydes is 1. The van der Waals surface area contributed by atoms with Gasteiger partial charge < -0.3 is 5.11 Å². The first-order valence-corrected chi connectivity index (χ1v) is 4.94. The van der Waals surface area contributed by atoms with Gasteiger partial charge in [-0.15, -0.1) is 0 Å². The number of carboxylic acids is 1. The summed E-state index contributed by atoms with van der Waals surface area (Å²) in [6.07, 6.45) is 1.69. The highest BCUT2D eigenvalue weighted by molar-refractivity contribution is 5.88. The van der Waals surface area contributed by atoms with Crippen LogP contribution in [0.1, 0.15) is 26.5 Å². The van der Waals surface area contributed by atoms with Crippen LogP contribution in [0, 0.1) is 12.7 Å². The SMILES string of the molecule is Cc1cc(C=O)nn1-c1nccc(C(=O)O)c1F. The molecule has 0 saturated heterocycles. The standard InChI is InChI=1S/C11H8FN3O3/c1-6-4-7(5-16)14-15(6)10-9(12)8(11(17)18)2-3-13-10/h2-5H,1H3,(H,17,18). The molecule has 0 aliphatic heterocycles. The predicted molar refractivity (Wildman–Crippen MR) is 58.4 cm³/mol. The molecule has 2 rings (SSSR count). The number of aromatic carboxylic acids is 1. The lowest BCUT2D eigenvalue weighted by molar-refractivity contribution is 0.0691. The number of carbonyl (C=O) groups excluding carboxylic acids is 1. The summed E-state index contributed by atoms with van der Waals surface area (Å²) in [5.74, 6) is -2.63. The molecule has 6 nitrogen and oxygen atoms in total. The molecule has 92 valence electrons. The maximum atomic E-state index is 13.9. The molecule has 2 aromatic heterocycles.